The zero-order chi connectivity index (χ0) is 61.4. The van der Waals surface area contributed by atoms with Crippen LogP contribution in [0.2, 0.25) is 0 Å². The SMILES string of the molecule is Cc1ccc2cccnc2c1.Cc1ccc2cccnc2c1.Cc1ccc2ncccc2c1.Cc1ccc2ncccc2c1.Cc1cccc2cccnc12.Cc1cccc2ncccc12.Cc1ccccc1.Cc1ccccc1.Cc1ncncn1. The lowest BCUT2D eigenvalue weighted by Crippen LogP contribution is -1.84. The second-order valence-corrected chi connectivity index (χ2v) is 20.6. The van der Waals surface area contributed by atoms with Crippen molar-refractivity contribution < 1.29 is 0 Å². The monoisotopic (exact) mass is 1140 g/mol. The minimum atomic E-state index is 0.759. The Hall–Kier alpha value is -10.8. The number of aromatic nitrogens is 9. The number of para-hydroxylation sites is 1. The summed E-state index contributed by atoms with van der Waals surface area (Å²) in [6.07, 6.45) is 13.9. The van der Waals surface area contributed by atoms with Crippen LogP contribution < -0.4 is 0 Å². The Labute approximate surface area is 512 Å². The number of aryl methyl sites for hydroxylation is 9. The molecular formula is C78H75N9. The number of pyridine rings is 6. The summed E-state index contributed by atoms with van der Waals surface area (Å²) in [6, 6.07) is 82.2. The van der Waals surface area contributed by atoms with E-state index in [1.807, 2.05) is 141 Å². The third-order valence-corrected chi connectivity index (χ3v) is 13.2. The van der Waals surface area contributed by atoms with Gasteiger partial charge >= 0.3 is 0 Å². The molecule has 15 rings (SSSR count). The molecule has 0 atom stereocenters. The van der Waals surface area contributed by atoms with E-state index >= 15 is 0 Å². The third kappa shape index (κ3) is 22.1. The van der Waals surface area contributed by atoms with E-state index in [1.54, 1.807) is 0 Å². The highest BCUT2D eigenvalue weighted by atomic mass is 15.0. The van der Waals surface area contributed by atoms with E-state index in [0.717, 1.165) is 38.9 Å². The largest absolute Gasteiger partial charge is 0.256 e. The second-order valence-electron chi connectivity index (χ2n) is 20.6. The first-order valence-electron chi connectivity index (χ1n) is 28.9. The smallest absolute Gasteiger partial charge is 0.128 e. The molecule has 7 heterocycles. The van der Waals surface area contributed by atoms with Crippen LogP contribution >= 0.6 is 0 Å². The zero-order valence-electron chi connectivity index (χ0n) is 51.2. The Kier molecular flexibility index (Phi) is 25.5. The molecule has 9 nitrogen and oxygen atoms in total. The van der Waals surface area contributed by atoms with Gasteiger partial charge < -0.3 is 0 Å². The van der Waals surface area contributed by atoms with Gasteiger partial charge in [-0.1, -0.05) is 186 Å². The van der Waals surface area contributed by atoms with Crippen LogP contribution in [-0.4, -0.2) is 44.9 Å². The summed E-state index contributed by atoms with van der Waals surface area (Å²) >= 11 is 0. The van der Waals surface area contributed by atoms with Crippen molar-refractivity contribution in [2.45, 2.75) is 62.3 Å². The molecule has 9 heteroatoms. The number of fused-ring (bicyclic) bond motifs is 6. The van der Waals surface area contributed by atoms with Crippen molar-refractivity contribution in [3.8, 4) is 0 Å². The predicted octanol–water partition coefficient (Wildman–Crippen LogP) is 19.4. The molecule has 0 fully saturated rings. The molecule has 0 amide bonds. The summed E-state index contributed by atoms with van der Waals surface area (Å²) in [7, 11) is 0. The highest BCUT2D eigenvalue weighted by Gasteiger charge is 1.97. The molecule has 0 radical (unpaired) electrons. The molecule has 8 aromatic carbocycles. The first-order valence-corrected chi connectivity index (χ1v) is 28.9. The van der Waals surface area contributed by atoms with E-state index < -0.39 is 0 Å². The van der Waals surface area contributed by atoms with Gasteiger partial charge in [-0.3, -0.25) is 29.9 Å². The lowest BCUT2D eigenvalue weighted by atomic mass is 10.1. The standard InChI is InChI=1S/6C10H9N.2C7H8.C4H5N3/c1-8-4-2-6-10-9(8)5-3-7-11-10;1-8-4-2-5-9-6-3-7-11-10(8)9;2*1-8-4-5-10-9(7-8)3-2-6-11-10;2*1-8-4-5-9-3-2-6-11-10(9)7-8;2*1-7-5-3-2-4-6-7;1-4-6-2-5-3-7-4/h6*2-7H,1H3;2*2-6H,1H3;2-3H,1H3. The summed E-state index contributed by atoms with van der Waals surface area (Å²) in [5.74, 6) is 0.759. The van der Waals surface area contributed by atoms with Crippen LogP contribution in [-0.2, 0) is 0 Å². The maximum absolute atomic E-state index is 4.28. The molecule has 432 valence electrons. The van der Waals surface area contributed by atoms with Gasteiger partial charge in [0.05, 0.1) is 33.1 Å². The van der Waals surface area contributed by atoms with Gasteiger partial charge in [0.25, 0.3) is 0 Å². The Balaban J connectivity index is 0.000000141. The zero-order valence-corrected chi connectivity index (χ0v) is 51.2. The molecule has 0 spiro atoms. The van der Waals surface area contributed by atoms with Crippen molar-refractivity contribution in [2.75, 3.05) is 0 Å². The van der Waals surface area contributed by atoms with Crippen LogP contribution in [0.1, 0.15) is 50.3 Å². The molecule has 15 aromatic rings. The molecule has 87 heavy (non-hydrogen) atoms. The van der Waals surface area contributed by atoms with Crippen molar-refractivity contribution in [3.63, 3.8) is 0 Å². The van der Waals surface area contributed by atoms with E-state index in [-0.39, 0.29) is 0 Å². The average molecular weight is 1140 g/mol. The van der Waals surface area contributed by atoms with E-state index in [0.29, 0.717) is 0 Å². The van der Waals surface area contributed by atoms with Gasteiger partial charge in [-0.2, -0.15) is 0 Å². The molecule has 0 aliphatic rings. The van der Waals surface area contributed by atoms with Crippen LogP contribution in [0, 0.1) is 62.3 Å². The van der Waals surface area contributed by atoms with Gasteiger partial charge in [-0.05, 0) is 163 Å². The summed E-state index contributed by atoms with van der Waals surface area (Å²) < 4.78 is 0. The predicted molar refractivity (Wildman–Crippen MR) is 366 cm³/mol. The van der Waals surface area contributed by atoms with Gasteiger partial charge in [0.2, 0.25) is 0 Å². The summed E-state index contributed by atoms with van der Waals surface area (Å²) in [5.41, 5.74) is 16.7. The topological polar surface area (TPSA) is 116 Å². The van der Waals surface area contributed by atoms with Crippen molar-refractivity contribution in [3.05, 3.63) is 343 Å². The number of benzene rings is 8. The van der Waals surface area contributed by atoms with Gasteiger partial charge in [0.1, 0.15) is 18.5 Å². The lowest BCUT2D eigenvalue weighted by Gasteiger charge is -1.97. The van der Waals surface area contributed by atoms with Crippen molar-refractivity contribution in [1.29, 1.82) is 0 Å². The Morgan fingerprint density at radius 3 is 1.03 bits per heavy atom. The third-order valence-electron chi connectivity index (χ3n) is 13.2. The van der Waals surface area contributed by atoms with Crippen molar-refractivity contribution >= 4 is 65.4 Å². The van der Waals surface area contributed by atoms with E-state index in [9.17, 15) is 0 Å². The molecular weight excluding hydrogens is 1060 g/mol. The molecule has 0 saturated heterocycles. The highest BCUT2D eigenvalue weighted by Crippen LogP contribution is 2.17. The Bertz CT molecular complexity index is 3960. The fourth-order valence-electron chi connectivity index (χ4n) is 8.62. The summed E-state index contributed by atoms with van der Waals surface area (Å²) in [5, 5.41) is 7.30. The summed E-state index contributed by atoms with van der Waals surface area (Å²) in [4.78, 5) is 36.6. The minimum Gasteiger partial charge on any atom is -0.256 e. The average Bonchev–Trinajstić information content (AvgIpc) is 3.74. The van der Waals surface area contributed by atoms with Gasteiger partial charge in [0, 0.05) is 69.5 Å². The quantitative estimate of drug-likeness (QED) is 0.146. The number of rotatable bonds is 0. The van der Waals surface area contributed by atoms with Gasteiger partial charge in [-0.25, -0.2) is 15.0 Å². The molecule has 7 aromatic heterocycles. The van der Waals surface area contributed by atoms with E-state index in [1.165, 1.54) is 89.5 Å². The fourth-order valence-corrected chi connectivity index (χ4v) is 8.62. The lowest BCUT2D eigenvalue weighted by molar-refractivity contribution is 0.974. The van der Waals surface area contributed by atoms with Crippen LogP contribution in [0.15, 0.2) is 292 Å². The first kappa shape index (κ1) is 63.8. The molecule has 0 N–H and O–H groups in total. The van der Waals surface area contributed by atoms with Crippen molar-refractivity contribution in [2.24, 2.45) is 0 Å². The highest BCUT2D eigenvalue weighted by molar-refractivity contribution is 5.83. The van der Waals surface area contributed by atoms with Gasteiger partial charge in [-0.15, -0.1) is 0 Å². The number of hydrogen-bond donors (Lipinski definition) is 0. The fraction of sp³-hybridized carbons (Fsp3) is 0.115. The van der Waals surface area contributed by atoms with E-state index in [2.05, 4.69) is 246 Å². The van der Waals surface area contributed by atoms with Crippen LogP contribution in [0.3, 0.4) is 0 Å². The van der Waals surface area contributed by atoms with Crippen LogP contribution in [0.4, 0.5) is 0 Å². The minimum absolute atomic E-state index is 0.759. The van der Waals surface area contributed by atoms with Crippen LogP contribution in [0.5, 0.6) is 0 Å². The molecule has 0 bridgehead atoms. The Morgan fingerprint density at radius 1 is 0.218 bits per heavy atom. The number of hydrogen-bond acceptors (Lipinski definition) is 9. The second kappa shape index (κ2) is 34.7. The molecule has 0 aliphatic carbocycles. The first-order chi connectivity index (χ1) is 42.4. The summed E-state index contributed by atoms with van der Waals surface area (Å²) in [6.45, 7) is 18.5. The maximum Gasteiger partial charge on any atom is 0.128 e. The molecule has 0 saturated carbocycles. The van der Waals surface area contributed by atoms with Crippen molar-refractivity contribution in [1.82, 2.24) is 44.9 Å². The molecule has 0 aliphatic heterocycles. The van der Waals surface area contributed by atoms with E-state index in [4.69, 9.17) is 0 Å². The maximum atomic E-state index is 4.28. The normalized spacial score (nSPS) is 9.90. The van der Waals surface area contributed by atoms with Gasteiger partial charge in [0.15, 0.2) is 0 Å². The molecule has 0 unspecified atom stereocenters. The Morgan fingerprint density at radius 2 is 0.598 bits per heavy atom. The number of nitrogens with zero attached hydrogens (tertiary/aromatic N) is 9. The van der Waals surface area contributed by atoms with Crippen LogP contribution in [0.25, 0.3) is 65.4 Å².